The third kappa shape index (κ3) is 4.71. The van der Waals surface area contributed by atoms with Crippen LogP contribution in [0.15, 0.2) is 103 Å². The standard InChI is InChI=1S/C40H35N3/c1-24-7-14-34(27(4)17-24)30-10-12-33(13-11-30)43-39-37(20-31(22-41-39)35-15-8-25(2)18-28(35)5)38-21-32(23-42-40(38)43)36-16-9-26(3)19-29(36)6/h7-23H,1-6H3. The van der Waals surface area contributed by atoms with Crippen molar-refractivity contribution in [3.05, 3.63) is 137 Å². The van der Waals surface area contributed by atoms with Crippen LogP contribution in [-0.2, 0) is 0 Å². The topological polar surface area (TPSA) is 30.7 Å². The molecule has 0 unspecified atom stereocenters. The molecule has 0 aliphatic carbocycles. The van der Waals surface area contributed by atoms with Gasteiger partial charge in [0, 0.05) is 40.0 Å². The van der Waals surface area contributed by atoms with Crippen molar-refractivity contribution in [2.45, 2.75) is 41.5 Å². The number of rotatable bonds is 4. The Morgan fingerprint density at radius 2 is 0.814 bits per heavy atom. The first-order chi connectivity index (χ1) is 20.8. The molecule has 0 saturated carbocycles. The molecule has 0 aliphatic rings. The molecule has 0 atom stereocenters. The molecule has 0 spiro atoms. The lowest BCUT2D eigenvalue weighted by molar-refractivity contribution is 1.10. The molecular weight excluding hydrogens is 522 g/mol. The van der Waals surface area contributed by atoms with E-state index in [1.807, 2.05) is 12.4 Å². The van der Waals surface area contributed by atoms with Crippen LogP contribution in [0.4, 0.5) is 0 Å². The molecule has 0 saturated heterocycles. The molecular formula is C40H35N3. The second-order valence-corrected chi connectivity index (χ2v) is 12.0. The van der Waals surface area contributed by atoms with E-state index in [0.29, 0.717) is 0 Å². The monoisotopic (exact) mass is 557 g/mol. The molecule has 7 aromatic rings. The Kier molecular flexibility index (Phi) is 6.47. The molecule has 7 rings (SSSR count). The van der Waals surface area contributed by atoms with Crippen LogP contribution >= 0.6 is 0 Å². The van der Waals surface area contributed by atoms with Crippen molar-refractivity contribution in [2.24, 2.45) is 0 Å². The summed E-state index contributed by atoms with van der Waals surface area (Å²) in [6, 6.07) is 33.2. The minimum Gasteiger partial charge on any atom is -0.278 e. The highest BCUT2D eigenvalue weighted by Gasteiger charge is 2.18. The molecule has 3 aromatic heterocycles. The minimum atomic E-state index is 0.910. The fourth-order valence-electron chi connectivity index (χ4n) is 6.51. The maximum atomic E-state index is 5.09. The van der Waals surface area contributed by atoms with Gasteiger partial charge in [0.1, 0.15) is 11.3 Å². The average Bonchev–Trinajstić information content (AvgIpc) is 3.30. The van der Waals surface area contributed by atoms with E-state index in [-0.39, 0.29) is 0 Å². The Morgan fingerprint density at radius 3 is 1.21 bits per heavy atom. The number of pyridine rings is 2. The van der Waals surface area contributed by atoms with Gasteiger partial charge in [-0.3, -0.25) is 4.57 Å². The highest BCUT2D eigenvalue weighted by molar-refractivity contribution is 6.08. The number of hydrogen-bond donors (Lipinski definition) is 0. The zero-order valence-corrected chi connectivity index (χ0v) is 25.7. The first kappa shape index (κ1) is 26.9. The summed E-state index contributed by atoms with van der Waals surface area (Å²) in [6.07, 6.45) is 4.01. The van der Waals surface area contributed by atoms with Crippen LogP contribution in [0.3, 0.4) is 0 Å². The maximum Gasteiger partial charge on any atom is 0.146 e. The number of hydrogen-bond acceptors (Lipinski definition) is 2. The smallest absolute Gasteiger partial charge is 0.146 e. The summed E-state index contributed by atoms with van der Waals surface area (Å²) in [5.74, 6) is 0. The summed E-state index contributed by atoms with van der Waals surface area (Å²) in [4.78, 5) is 10.2. The highest BCUT2D eigenvalue weighted by Crippen LogP contribution is 2.37. The van der Waals surface area contributed by atoms with E-state index in [4.69, 9.17) is 9.97 Å². The lowest BCUT2D eigenvalue weighted by Gasteiger charge is -2.11. The Balaban J connectivity index is 1.44. The van der Waals surface area contributed by atoms with Crippen LogP contribution in [-0.4, -0.2) is 14.5 Å². The molecule has 210 valence electrons. The third-order valence-electron chi connectivity index (χ3n) is 8.65. The summed E-state index contributed by atoms with van der Waals surface area (Å²) < 4.78 is 2.20. The van der Waals surface area contributed by atoms with Crippen LogP contribution in [0.2, 0.25) is 0 Å². The quantitative estimate of drug-likeness (QED) is 0.215. The lowest BCUT2D eigenvalue weighted by Crippen LogP contribution is -1.97. The van der Waals surface area contributed by atoms with Gasteiger partial charge in [-0.05, 0) is 105 Å². The number of fused-ring (bicyclic) bond motifs is 3. The van der Waals surface area contributed by atoms with Gasteiger partial charge >= 0.3 is 0 Å². The van der Waals surface area contributed by atoms with Crippen LogP contribution in [0.25, 0.3) is 61.1 Å². The predicted molar refractivity (Wildman–Crippen MR) is 181 cm³/mol. The van der Waals surface area contributed by atoms with Gasteiger partial charge in [-0.15, -0.1) is 0 Å². The van der Waals surface area contributed by atoms with E-state index in [1.165, 1.54) is 55.6 Å². The Hall–Kier alpha value is -5.02. The maximum absolute atomic E-state index is 5.09. The summed E-state index contributed by atoms with van der Waals surface area (Å²) in [5, 5.41) is 2.20. The first-order valence-electron chi connectivity index (χ1n) is 14.9. The Labute approximate surface area is 253 Å². The number of benzene rings is 4. The fourth-order valence-corrected chi connectivity index (χ4v) is 6.51. The molecule has 0 N–H and O–H groups in total. The normalized spacial score (nSPS) is 11.5. The molecule has 0 radical (unpaired) electrons. The molecule has 0 amide bonds. The van der Waals surface area contributed by atoms with Crippen LogP contribution < -0.4 is 0 Å². The van der Waals surface area contributed by atoms with Gasteiger partial charge in [-0.2, -0.15) is 0 Å². The summed E-state index contributed by atoms with van der Waals surface area (Å²) in [5.41, 5.74) is 17.6. The molecule has 43 heavy (non-hydrogen) atoms. The van der Waals surface area contributed by atoms with E-state index < -0.39 is 0 Å². The molecule has 3 heterocycles. The first-order valence-corrected chi connectivity index (χ1v) is 14.9. The Bertz CT molecular complexity index is 2070. The highest BCUT2D eigenvalue weighted by atomic mass is 15.1. The van der Waals surface area contributed by atoms with Crippen molar-refractivity contribution in [1.29, 1.82) is 0 Å². The number of aromatic nitrogens is 3. The van der Waals surface area contributed by atoms with Crippen molar-refractivity contribution >= 4 is 22.1 Å². The largest absolute Gasteiger partial charge is 0.278 e. The molecule has 4 aromatic carbocycles. The van der Waals surface area contributed by atoms with Crippen molar-refractivity contribution in [2.75, 3.05) is 0 Å². The van der Waals surface area contributed by atoms with Gasteiger partial charge < -0.3 is 0 Å². The van der Waals surface area contributed by atoms with Gasteiger partial charge in [-0.25, -0.2) is 9.97 Å². The molecule has 0 aliphatic heterocycles. The summed E-state index contributed by atoms with van der Waals surface area (Å²) >= 11 is 0. The molecule has 3 heteroatoms. The fraction of sp³-hybridized carbons (Fsp3) is 0.150. The van der Waals surface area contributed by atoms with Crippen LogP contribution in [0.1, 0.15) is 33.4 Å². The van der Waals surface area contributed by atoms with Gasteiger partial charge in [0.2, 0.25) is 0 Å². The average molecular weight is 558 g/mol. The van der Waals surface area contributed by atoms with Crippen molar-refractivity contribution < 1.29 is 0 Å². The predicted octanol–water partition coefficient (Wildman–Crippen LogP) is 10.4. The van der Waals surface area contributed by atoms with Crippen molar-refractivity contribution in [3.8, 4) is 39.1 Å². The van der Waals surface area contributed by atoms with Crippen molar-refractivity contribution in [1.82, 2.24) is 14.5 Å². The minimum absolute atomic E-state index is 0.910. The third-order valence-corrected chi connectivity index (χ3v) is 8.65. The van der Waals surface area contributed by atoms with E-state index >= 15 is 0 Å². The van der Waals surface area contributed by atoms with Gasteiger partial charge in [0.25, 0.3) is 0 Å². The lowest BCUT2D eigenvalue weighted by atomic mass is 9.98. The van der Waals surface area contributed by atoms with Crippen molar-refractivity contribution in [3.63, 3.8) is 0 Å². The zero-order chi connectivity index (χ0) is 29.8. The molecule has 3 nitrogen and oxygen atoms in total. The Morgan fingerprint density at radius 1 is 0.419 bits per heavy atom. The number of aryl methyl sites for hydroxylation is 6. The van der Waals surface area contributed by atoms with Gasteiger partial charge in [-0.1, -0.05) is 83.4 Å². The van der Waals surface area contributed by atoms with E-state index in [0.717, 1.165) is 38.9 Å². The van der Waals surface area contributed by atoms with E-state index in [2.05, 4.69) is 137 Å². The van der Waals surface area contributed by atoms with Crippen LogP contribution in [0, 0.1) is 41.5 Å². The summed E-state index contributed by atoms with van der Waals surface area (Å²) in [7, 11) is 0. The molecule has 0 bridgehead atoms. The van der Waals surface area contributed by atoms with Gasteiger partial charge in [0.05, 0.1) is 0 Å². The zero-order valence-electron chi connectivity index (χ0n) is 25.7. The summed E-state index contributed by atoms with van der Waals surface area (Å²) in [6.45, 7) is 12.9. The second kappa shape index (κ2) is 10.4. The van der Waals surface area contributed by atoms with E-state index in [9.17, 15) is 0 Å². The molecule has 0 fully saturated rings. The van der Waals surface area contributed by atoms with Gasteiger partial charge in [0.15, 0.2) is 0 Å². The number of nitrogens with zero attached hydrogens (tertiary/aromatic N) is 3. The SMILES string of the molecule is Cc1ccc(-c2ccc(-n3c4ncc(-c5ccc(C)cc5C)cc4c4cc(-c5ccc(C)cc5C)cnc43)cc2)c(C)c1. The van der Waals surface area contributed by atoms with Crippen LogP contribution in [0.5, 0.6) is 0 Å². The second-order valence-electron chi connectivity index (χ2n) is 12.0. The van der Waals surface area contributed by atoms with E-state index in [1.54, 1.807) is 0 Å².